The van der Waals surface area contributed by atoms with Crippen LogP contribution in [0.15, 0.2) is 42.6 Å². The molecule has 0 spiro atoms. The zero-order chi connectivity index (χ0) is 14.8. The van der Waals surface area contributed by atoms with Gasteiger partial charge in [0.1, 0.15) is 11.4 Å². The highest BCUT2D eigenvalue weighted by molar-refractivity contribution is 5.96. The Morgan fingerprint density at radius 3 is 2.40 bits per heavy atom. The normalized spacial score (nSPS) is 11.2. The quantitative estimate of drug-likeness (QED) is 0.780. The Bertz CT molecular complexity index is 615. The Balaban J connectivity index is 2.40. The highest BCUT2D eigenvalue weighted by atomic mass is 19.1. The summed E-state index contributed by atoms with van der Waals surface area (Å²) in [6.45, 7) is 5.41. The average Bonchev–Trinajstić information content (AvgIpc) is 2.38. The molecular weight excluding hydrogens is 257 g/mol. The van der Waals surface area contributed by atoms with Gasteiger partial charge in [-0.2, -0.15) is 0 Å². The summed E-state index contributed by atoms with van der Waals surface area (Å²) in [5.74, 6) is -0.770. The number of pyridine rings is 1. The first kappa shape index (κ1) is 14.2. The molecule has 1 aromatic heterocycles. The second-order valence-corrected chi connectivity index (χ2v) is 5.41. The third kappa shape index (κ3) is 3.41. The number of nitrogens with zero attached hydrogens (tertiary/aromatic N) is 1. The van der Waals surface area contributed by atoms with Gasteiger partial charge < -0.3 is 4.74 Å². The van der Waals surface area contributed by atoms with Crippen LogP contribution in [0.1, 0.15) is 31.1 Å². The summed E-state index contributed by atoms with van der Waals surface area (Å²) in [5, 5.41) is 0. The molecule has 3 nitrogen and oxygen atoms in total. The topological polar surface area (TPSA) is 39.2 Å². The maximum absolute atomic E-state index is 13.0. The number of rotatable bonds is 2. The molecule has 0 aliphatic carbocycles. The lowest BCUT2D eigenvalue weighted by molar-refractivity contribution is 0.00701. The van der Waals surface area contributed by atoms with Crippen molar-refractivity contribution in [2.75, 3.05) is 0 Å². The third-order valence-electron chi connectivity index (χ3n) is 2.54. The Hall–Kier alpha value is -2.23. The smallest absolute Gasteiger partial charge is 0.340 e. The molecule has 1 heterocycles. The van der Waals surface area contributed by atoms with Crippen molar-refractivity contribution in [2.24, 2.45) is 0 Å². The van der Waals surface area contributed by atoms with Crippen molar-refractivity contribution in [2.45, 2.75) is 26.4 Å². The van der Waals surface area contributed by atoms with Gasteiger partial charge in [0.2, 0.25) is 0 Å². The lowest BCUT2D eigenvalue weighted by Gasteiger charge is -2.20. The number of esters is 1. The minimum atomic E-state index is -0.576. The van der Waals surface area contributed by atoms with Gasteiger partial charge in [-0.05, 0) is 57.2 Å². The van der Waals surface area contributed by atoms with E-state index in [1.54, 1.807) is 51.2 Å². The Morgan fingerprint density at radius 2 is 1.80 bits per heavy atom. The number of ether oxygens (including phenoxy) is 1. The molecule has 0 saturated heterocycles. The summed E-state index contributed by atoms with van der Waals surface area (Å²) >= 11 is 0. The van der Waals surface area contributed by atoms with Crippen molar-refractivity contribution in [3.63, 3.8) is 0 Å². The fourth-order valence-electron chi connectivity index (χ4n) is 1.74. The van der Waals surface area contributed by atoms with Crippen LogP contribution in [0.5, 0.6) is 0 Å². The number of aromatic nitrogens is 1. The van der Waals surface area contributed by atoms with E-state index in [1.165, 1.54) is 12.1 Å². The molecule has 0 N–H and O–H groups in total. The van der Waals surface area contributed by atoms with Gasteiger partial charge in [-0.25, -0.2) is 9.18 Å². The van der Waals surface area contributed by atoms with Gasteiger partial charge in [-0.1, -0.05) is 0 Å². The second kappa shape index (κ2) is 5.41. The lowest BCUT2D eigenvalue weighted by Crippen LogP contribution is -2.24. The molecule has 0 unspecified atom stereocenters. The summed E-state index contributed by atoms with van der Waals surface area (Å²) in [5.41, 5.74) is 0.955. The van der Waals surface area contributed by atoms with Gasteiger partial charge in [0, 0.05) is 11.8 Å². The Morgan fingerprint density at radius 1 is 1.15 bits per heavy atom. The van der Waals surface area contributed by atoms with E-state index >= 15 is 0 Å². The molecule has 0 fully saturated rings. The molecule has 0 saturated carbocycles. The van der Waals surface area contributed by atoms with Gasteiger partial charge in [-0.3, -0.25) is 4.98 Å². The van der Waals surface area contributed by atoms with Crippen molar-refractivity contribution in [3.05, 3.63) is 54.0 Å². The minimum Gasteiger partial charge on any atom is -0.456 e. The molecule has 0 atom stereocenters. The maximum Gasteiger partial charge on any atom is 0.340 e. The highest BCUT2D eigenvalue weighted by Crippen LogP contribution is 2.23. The SMILES string of the molecule is CC(C)(C)OC(=O)c1cccnc1-c1ccc(F)cc1. The van der Waals surface area contributed by atoms with E-state index in [1.807, 2.05) is 0 Å². The van der Waals surface area contributed by atoms with E-state index in [4.69, 9.17) is 4.74 Å². The zero-order valence-electron chi connectivity index (χ0n) is 11.7. The Labute approximate surface area is 117 Å². The molecule has 2 aromatic rings. The molecule has 1 aromatic carbocycles. The van der Waals surface area contributed by atoms with Gasteiger partial charge >= 0.3 is 5.97 Å². The molecule has 0 amide bonds. The summed E-state index contributed by atoms with van der Waals surface area (Å²) in [7, 11) is 0. The van der Waals surface area contributed by atoms with Gasteiger partial charge in [0.15, 0.2) is 0 Å². The van der Waals surface area contributed by atoms with E-state index < -0.39 is 11.6 Å². The molecule has 0 bridgehead atoms. The van der Waals surface area contributed by atoms with Crippen molar-refractivity contribution in [1.82, 2.24) is 4.98 Å². The average molecular weight is 273 g/mol. The first-order valence-corrected chi connectivity index (χ1v) is 6.31. The van der Waals surface area contributed by atoms with Crippen LogP contribution in [0.2, 0.25) is 0 Å². The number of hydrogen-bond donors (Lipinski definition) is 0. The van der Waals surface area contributed by atoms with Gasteiger partial charge in [0.25, 0.3) is 0 Å². The lowest BCUT2D eigenvalue weighted by atomic mass is 10.1. The number of carbonyl (C=O) groups excluding carboxylic acids is 1. The summed E-state index contributed by atoms with van der Waals surface area (Å²) in [4.78, 5) is 16.4. The van der Waals surface area contributed by atoms with E-state index in [-0.39, 0.29) is 5.82 Å². The predicted octanol–water partition coefficient (Wildman–Crippen LogP) is 3.84. The zero-order valence-corrected chi connectivity index (χ0v) is 11.7. The number of hydrogen-bond acceptors (Lipinski definition) is 3. The van der Waals surface area contributed by atoms with Crippen LogP contribution in [-0.4, -0.2) is 16.6 Å². The van der Waals surface area contributed by atoms with Crippen molar-refractivity contribution < 1.29 is 13.9 Å². The first-order valence-electron chi connectivity index (χ1n) is 6.31. The van der Waals surface area contributed by atoms with E-state index in [0.717, 1.165) is 0 Å². The molecular formula is C16H16FNO2. The molecule has 20 heavy (non-hydrogen) atoms. The van der Waals surface area contributed by atoms with Crippen LogP contribution in [0.25, 0.3) is 11.3 Å². The summed E-state index contributed by atoms with van der Waals surface area (Å²) in [6.07, 6.45) is 1.59. The van der Waals surface area contributed by atoms with Crippen LogP contribution in [0.3, 0.4) is 0 Å². The third-order valence-corrected chi connectivity index (χ3v) is 2.54. The molecule has 2 rings (SSSR count). The second-order valence-electron chi connectivity index (χ2n) is 5.41. The van der Waals surface area contributed by atoms with Crippen LogP contribution in [-0.2, 0) is 4.74 Å². The first-order chi connectivity index (χ1) is 9.37. The maximum atomic E-state index is 13.0. The van der Waals surface area contributed by atoms with Crippen LogP contribution < -0.4 is 0 Å². The van der Waals surface area contributed by atoms with E-state index in [0.29, 0.717) is 16.8 Å². The van der Waals surface area contributed by atoms with Crippen molar-refractivity contribution >= 4 is 5.97 Å². The van der Waals surface area contributed by atoms with Gasteiger partial charge in [-0.15, -0.1) is 0 Å². The number of carbonyl (C=O) groups is 1. The molecule has 4 heteroatoms. The fourth-order valence-corrected chi connectivity index (χ4v) is 1.74. The standard InChI is InChI=1S/C16H16FNO2/c1-16(2,3)20-15(19)13-5-4-10-18-14(13)11-6-8-12(17)9-7-11/h4-10H,1-3H3. The van der Waals surface area contributed by atoms with Crippen LogP contribution >= 0.6 is 0 Å². The number of benzene rings is 1. The van der Waals surface area contributed by atoms with Crippen LogP contribution in [0.4, 0.5) is 4.39 Å². The monoisotopic (exact) mass is 273 g/mol. The fraction of sp³-hybridized carbons (Fsp3) is 0.250. The van der Waals surface area contributed by atoms with Gasteiger partial charge in [0.05, 0.1) is 11.3 Å². The van der Waals surface area contributed by atoms with E-state index in [2.05, 4.69) is 4.98 Å². The largest absolute Gasteiger partial charge is 0.456 e. The van der Waals surface area contributed by atoms with E-state index in [9.17, 15) is 9.18 Å². The molecule has 104 valence electrons. The summed E-state index contributed by atoms with van der Waals surface area (Å²) in [6, 6.07) is 9.18. The Kier molecular flexibility index (Phi) is 3.84. The summed E-state index contributed by atoms with van der Waals surface area (Å²) < 4.78 is 18.3. The minimum absolute atomic E-state index is 0.330. The van der Waals surface area contributed by atoms with Crippen LogP contribution in [0, 0.1) is 5.82 Å². The van der Waals surface area contributed by atoms with Crippen molar-refractivity contribution in [1.29, 1.82) is 0 Å². The van der Waals surface area contributed by atoms with Crippen molar-refractivity contribution in [3.8, 4) is 11.3 Å². The molecule has 0 aliphatic heterocycles. The predicted molar refractivity (Wildman–Crippen MR) is 74.8 cm³/mol. The molecule has 0 radical (unpaired) electrons. The molecule has 0 aliphatic rings. The highest BCUT2D eigenvalue weighted by Gasteiger charge is 2.21. The number of halogens is 1.